The highest BCUT2D eigenvalue weighted by Crippen LogP contribution is 2.60. The summed E-state index contributed by atoms with van der Waals surface area (Å²) < 4.78 is 0. The molecule has 0 heterocycles. The van der Waals surface area contributed by atoms with Gasteiger partial charge in [-0.2, -0.15) is 0 Å². The third kappa shape index (κ3) is 1.77. The molecule has 2 aliphatic carbocycles. The lowest BCUT2D eigenvalue weighted by Gasteiger charge is -2.34. The summed E-state index contributed by atoms with van der Waals surface area (Å²) in [5, 5.41) is 12.4. The van der Waals surface area contributed by atoms with E-state index in [1.807, 2.05) is 12.1 Å². The summed E-state index contributed by atoms with van der Waals surface area (Å²) in [6, 6.07) is 33.6. The van der Waals surface area contributed by atoms with Crippen molar-refractivity contribution >= 4 is 0 Å². The molecule has 0 atom stereocenters. The Labute approximate surface area is 158 Å². The molecule has 2 aliphatic rings. The largest absolute Gasteiger partial charge is 0.379 e. The van der Waals surface area contributed by atoms with Gasteiger partial charge in [0.1, 0.15) is 5.60 Å². The van der Waals surface area contributed by atoms with E-state index in [1.165, 1.54) is 22.3 Å². The predicted octanol–water partition coefficient (Wildman–Crippen LogP) is 5.72. The molecule has 4 aromatic rings. The lowest BCUT2D eigenvalue weighted by Crippen LogP contribution is -2.32. The summed E-state index contributed by atoms with van der Waals surface area (Å²) >= 11 is 0. The lowest BCUT2D eigenvalue weighted by atomic mass is 9.74. The minimum absolute atomic E-state index is 0.116. The van der Waals surface area contributed by atoms with Crippen molar-refractivity contribution in [3.63, 3.8) is 0 Å². The van der Waals surface area contributed by atoms with E-state index in [4.69, 9.17) is 0 Å². The molecule has 128 valence electrons. The molecule has 0 aliphatic heterocycles. The monoisotopic (exact) mass is 346 g/mol. The van der Waals surface area contributed by atoms with Crippen LogP contribution >= 0.6 is 0 Å². The first-order valence-corrected chi connectivity index (χ1v) is 9.40. The Bertz CT molecular complexity index is 1110. The molecule has 1 nitrogen and oxygen atoms in total. The summed E-state index contributed by atoms with van der Waals surface area (Å²) in [5.41, 5.74) is 8.07. The van der Waals surface area contributed by atoms with Gasteiger partial charge in [-0.25, -0.2) is 0 Å². The molecule has 0 fully saturated rings. The minimum atomic E-state index is -1.07. The van der Waals surface area contributed by atoms with E-state index >= 15 is 0 Å². The smallest absolute Gasteiger partial charge is 0.127 e. The maximum Gasteiger partial charge on any atom is 0.127 e. The first-order chi connectivity index (χ1) is 13.3. The first-order valence-electron chi connectivity index (χ1n) is 9.40. The van der Waals surface area contributed by atoms with Crippen molar-refractivity contribution in [2.45, 2.75) is 11.5 Å². The van der Waals surface area contributed by atoms with Crippen LogP contribution in [0.1, 0.15) is 28.2 Å². The maximum absolute atomic E-state index is 12.4. The first kappa shape index (κ1) is 15.0. The molecule has 0 amide bonds. The van der Waals surface area contributed by atoms with Crippen LogP contribution in [0.2, 0.25) is 0 Å². The topological polar surface area (TPSA) is 20.2 Å². The van der Waals surface area contributed by atoms with Crippen molar-refractivity contribution in [1.82, 2.24) is 0 Å². The van der Waals surface area contributed by atoms with E-state index in [9.17, 15) is 5.11 Å². The van der Waals surface area contributed by atoms with Crippen LogP contribution in [0.15, 0.2) is 97.1 Å². The zero-order valence-electron chi connectivity index (χ0n) is 14.8. The molecule has 1 N–H and O–H groups in total. The van der Waals surface area contributed by atoms with Crippen LogP contribution < -0.4 is 0 Å². The van der Waals surface area contributed by atoms with Crippen molar-refractivity contribution in [3.8, 4) is 22.3 Å². The fourth-order valence-electron chi connectivity index (χ4n) is 5.16. The Hall–Kier alpha value is -3.16. The van der Waals surface area contributed by atoms with Gasteiger partial charge in [-0.3, -0.25) is 0 Å². The van der Waals surface area contributed by atoms with E-state index < -0.39 is 5.60 Å². The average Bonchev–Trinajstić information content (AvgIpc) is 3.20. The van der Waals surface area contributed by atoms with Gasteiger partial charge in [0.2, 0.25) is 0 Å². The summed E-state index contributed by atoms with van der Waals surface area (Å²) in [4.78, 5) is 0. The van der Waals surface area contributed by atoms with Crippen molar-refractivity contribution in [2.24, 2.45) is 0 Å². The lowest BCUT2D eigenvalue weighted by molar-refractivity contribution is 0.0686. The Balaban J connectivity index is 1.73. The predicted molar refractivity (Wildman–Crippen MR) is 109 cm³/mol. The molecule has 4 aromatic carbocycles. The van der Waals surface area contributed by atoms with Crippen molar-refractivity contribution in [1.29, 1.82) is 0 Å². The number of hydrogen-bond donors (Lipinski definition) is 1. The molecule has 0 aromatic heterocycles. The average molecular weight is 346 g/mol. The van der Waals surface area contributed by atoms with E-state index in [0.29, 0.717) is 0 Å². The quantitative estimate of drug-likeness (QED) is 0.468. The van der Waals surface area contributed by atoms with Gasteiger partial charge >= 0.3 is 0 Å². The van der Waals surface area contributed by atoms with Gasteiger partial charge in [0, 0.05) is 5.92 Å². The second-order valence-corrected chi connectivity index (χ2v) is 7.47. The van der Waals surface area contributed by atoms with Gasteiger partial charge < -0.3 is 5.11 Å². The van der Waals surface area contributed by atoms with Crippen LogP contribution in [0.5, 0.6) is 0 Å². The van der Waals surface area contributed by atoms with Crippen LogP contribution in [0.4, 0.5) is 0 Å². The highest BCUT2D eigenvalue weighted by atomic mass is 16.3. The van der Waals surface area contributed by atoms with Gasteiger partial charge in [-0.1, -0.05) is 97.1 Å². The maximum atomic E-state index is 12.4. The molecule has 0 saturated carbocycles. The van der Waals surface area contributed by atoms with Crippen molar-refractivity contribution in [3.05, 3.63) is 119 Å². The Kier molecular flexibility index (Phi) is 2.87. The highest BCUT2D eigenvalue weighted by Gasteiger charge is 2.51. The fraction of sp³-hybridized carbons (Fsp3) is 0.0769. The van der Waals surface area contributed by atoms with Crippen molar-refractivity contribution < 1.29 is 5.11 Å². The summed E-state index contributed by atoms with van der Waals surface area (Å²) in [6.45, 7) is 0. The van der Waals surface area contributed by atoms with Gasteiger partial charge in [-0.15, -0.1) is 0 Å². The van der Waals surface area contributed by atoms with Crippen LogP contribution in [-0.4, -0.2) is 5.11 Å². The molecular weight excluding hydrogens is 328 g/mol. The molecule has 0 radical (unpaired) electrons. The Morgan fingerprint density at radius 2 is 0.852 bits per heavy atom. The number of benzene rings is 4. The number of rotatable bonds is 1. The van der Waals surface area contributed by atoms with Crippen LogP contribution in [0.25, 0.3) is 22.3 Å². The molecule has 27 heavy (non-hydrogen) atoms. The van der Waals surface area contributed by atoms with Crippen LogP contribution in [0.3, 0.4) is 0 Å². The van der Waals surface area contributed by atoms with E-state index in [-0.39, 0.29) is 5.92 Å². The third-order valence-electron chi connectivity index (χ3n) is 6.22. The molecule has 6 rings (SSSR count). The second kappa shape index (κ2) is 5.18. The Morgan fingerprint density at radius 3 is 1.33 bits per heavy atom. The van der Waals surface area contributed by atoms with Crippen LogP contribution in [-0.2, 0) is 5.60 Å². The number of fused-ring (bicyclic) bond motifs is 6. The number of aliphatic hydroxyl groups is 1. The van der Waals surface area contributed by atoms with E-state index in [1.54, 1.807) is 0 Å². The molecule has 0 unspecified atom stereocenters. The SMILES string of the molecule is OC1(C2c3ccccc3-c3ccccc32)c2ccccc2-c2ccccc21. The van der Waals surface area contributed by atoms with Gasteiger partial charge in [0.15, 0.2) is 0 Å². The highest BCUT2D eigenvalue weighted by molar-refractivity contribution is 5.85. The van der Waals surface area contributed by atoms with E-state index in [2.05, 4.69) is 84.9 Å². The summed E-state index contributed by atoms with van der Waals surface area (Å²) in [5.74, 6) is -0.116. The van der Waals surface area contributed by atoms with Crippen molar-refractivity contribution in [2.75, 3.05) is 0 Å². The molecule has 0 bridgehead atoms. The molecule has 1 heteroatoms. The molecular formula is C26H18O. The minimum Gasteiger partial charge on any atom is -0.379 e. The Morgan fingerprint density at radius 1 is 0.481 bits per heavy atom. The molecule has 0 saturated heterocycles. The van der Waals surface area contributed by atoms with Gasteiger partial charge in [0.25, 0.3) is 0 Å². The zero-order valence-corrected chi connectivity index (χ0v) is 14.8. The van der Waals surface area contributed by atoms with E-state index in [0.717, 1.165) is 22.3 Å². The summed E-state index contributed by atoms with van der Waals surface area (Å²) in [7, 11) is 0. The number of hydrogen-bond acceptors (Lipinski definition) is 1. The summed E-state index contributed by atoms with van der Waals surface area (Å²) in [6.07, 6.45) is 0. The second-order valence-electron chi connectivity index (χ2n) is 7.47. The standard InChI is InChI=1S/C26H18O/c27-26(23-15-7-5-11-19(23)20-12-6-8-16-24(20)26)25-21-13-3-1-9-17(21)18-10-2-4-14-22(18)25/h1-16,25,27H. The van der Waals surface area contributed by atoms with Gasteiger partial charge in [-0.05, 0) is 44.5 Å². The molecule has 0 spiro atoms. The fourth-order valence-corrected chi connectivity index (χ4v) is 5.16. The normalized spacial score (nSPS) is 15.7. The van der Waals surface area contributed by atoms with Crippen LogP contribution in [0, 0.1) is 0 Å². The third-order valence-corrected chi connectivity index (χ3v) is 6.22. The van der Waals surface area contributed by atoms with Gasteiger partial charge in [0.05, 0.1) is 0 Å². The zero-order chi connectivity index (χ0) is 18.0.